The van der Waals surface area contributed by atoms with E-state index in [-0.39, 0.29) is 29.6 Å². The molecular weight excluding hydrogens is 406 g/mol. The summed E-state index contributed by atoms with van der Waals surface area (Å²) < 4.78 is 54.3. The number of nitrogens with zero attached hydrogens (tertiary/aromatic N) is 2. The number of alkyl halides is 4. The Labute approximate surface area is 169 Å². The number of hydrogen-bond acceptors (Lipinski definition) is 5. The molecule has 160 valence electrons. The van der Waals surface area contributed by atoms with Crippen molar-refractivity contribution in [3.63, 3.8) is 0 Å². The zero-order valence-corrected chi connectivity index (χ0v) is 15.9. The van der Waals surface area contributed by atoms with Crippen molar-refractivity contribution in [2.45, 2.75) is 44.8 Å². The number of carbonyl (C=O) groups excluding carboxylic acids is 2. The van der Waals surface area contributed by atoms with E-state index >= 15 is 0 Å². The Morgan fingerprint density at radius 3 is 2.47 bits per heavy atom. The summed E-state index contributed by atoms with van der Waals surface area (Å²) in [5.41, 5.74) is 0.626. The van der Waals surface area contributed by atoms with E-state index in [1.807, 2.05) is 0 Å². The Kier molecular flexibility index (Phi) is 6.33. The van der Waals surface area contributed by atoms with Crippen LogP contribution in [0.3, 0.4) is 0 Å². The Morgan fingerprint density at radius 1 is 1.20 bits per heavy atom. The van der Waals surface area contributed by atoms with Gasteiger partial charge in [-0.1, -0.05) is 12.1 Å². The number of hydrogen-bond donors (Lipinski definition) is 1. The second kappa shape index (κ2) is 8.76. The van der Waals surface area contributed by atoms with Gasteiger partial charge < -0.3 is 10.1 Å². The number of Topliss-reactive ketones (excluding diaryl/α,β-unsaturated/α-hetero) is 1. The molecular formula is C20H19F4N3O3. The van der Waals surface area contributed by atoms with Crippen molar-refractivity contribution in [3.05, 3.63) is 53.6 Å². The molecule has 6 nitrogen and oxygen atoms in total. The van der Waals surface area contributed by atoms with Gasteiger partial charge >= 0.3 is 12.5 Å². The van der Waals surface area contributed by atoms with Gasteiger partial charge in [-0.15, -0.1) is 0 Å². The molecule has 3 rings (SSSR count). The third-order valence-electron chi connectivity index (χ3n) is 4.54. The lowest BCUT2D eigenvalue weighted by atomic mass is 10.1. The van der Waals surface area contributed by atoms with Gasteiger partial charge in [0.25, 0.3) is 5.91 Å². The maximum absolute atomic E-state index is 12.9. The molecule has 1 amide bonds. The number of benzene rings is 1. The van der Waals surface area contributed by atoms with Gasteiger partial charge in [0.1, 0.15) is 23.1 Å². The quantitative estimate of drug-likeness (QED) is 0.620. The minimum absolute atomic E-state index is 0.0562. The van der Waals surface area contributed by atoms with Crippen molar-refractivity contribution in [3.8, 4) is 5.75 Å². The number of rotatable bonds is 9. The molecule has 1 aliphatic carbocycles. The van der Waals surface area contributed by atoms with E-state index in [4.69, 9.17) is 0 Å². The van der Waals surface area contributed by atoms with Crippen LogP contribution >= 0.6 is 0 Å². The first-order valence-corrected chi connectivity index (χ1v) is 9.26. The SMILES string of the molecule is CC(NC(=O)c1ccnc(CC(=O)C2CC2)n1)c1ccc(OC(F)(F)C(F)F)cc1. The molecule has 10 heteroatoms. The molecule has 0 aliphatic heterocycles. The molecule has 2 aromatic rings. The standard InChI is InChI=1S/C20H19F4N3O3/c1-11(12-4-6-14(7-5-12)30-20(23,24)19(21)22)26-18(29)15-8-9-25-17(27-15)10-16(28)13-2-3-13/h4-9,11,13,19H,2-3,10H2,1H3,(H,26,29). The van der Waals surface area contributed by atoms with Crippen molar-refractivity contribution >= 4 is 11.7 Å². The summed E-state index contributed by atoms with van der Waals surface area (Å²) in [6.07, 6.45) is -5.32. The normalized spacial score (nSPS) is 15.0. The van der Waals surface area contributed by atoms with E-state index in [0.717, 1.165) is 25.0 Å². The zero-order valence-electron chi connectivity index (χ0n) is 15.9. The van der Waals surface area contributed by atoms with Crippen LogP contribution in [0.4, 0.5) is 17.6 Å². The van der Waals surface area contributed by atoms with Crippen LogP contribution in [-0.2, 0) is 11.2 Å². The molecule has 0 radical (unpaired) electrons. The lowest BCUT2D eigenvalue weighted by Crippen LogP contribution is -2.33. The Balaban J connectivity index is 1.60. The molecule has 0 bridgehead atoms. The predicted molar refractivity (Wildman–Crippen MR) is 97.4 cm³/mol. The summed E-state index contributed by atoms with van der Waals surface area (Å²) in [7, 11) is 0. The molecule has 30 heavy (non-hydrogen) atoms. The fraction of sp³-hybridized carbons (Fsp3) is 0.400. The predicted octanol–water partition coefficient (Wildman–Crippen LogP) is 3.73. The van der Waals surface area contributed by atoms with E-state index < -0.39 is 30.2 Å². The number of nitrogens with one attached hydrogen (secondary N) is 1. The molecule has 1 N–H and O–H groups in total. The number of ketones is 1. The molecule has 1 heterocycles. The fourth-order valence-electron chi connectivity index (χ4n) is 2.70. The second-order valence-corrected chi connectivity index (χ2v) is 7.00. The van der Waals surface area contributed by atoms with Crippen LogP contribution in [0, 0.1) is 5.92 Å². The number of amides is 1. The van der Waals surface area contributed by atoms with Crippen LogP contribution in [0.15, 0.2) is 36.5 Å². The van der Waals surface area contributed by atoms with Crippen LogP contribution in [0.25, 0.3) is 0 Å². The molecule has 1 atom stereocenters. The van der Waals surface area contributed by atoms with Gasteiger partial charge in [-0.05, 0) is 43.5 Å². The van der Waals surface area contributed by atoms with Crippen molar-refractivity contribution in [2.24, 2.45) is 5.92 Å². The molecule has 1 aliphatic rings. The van der Waals surface area contributed by atoms with E-state index in [0.29, 0.717) is 5.56 Å². The molecule has 1 unspecified atom stereocenters. The van der Waals surface area contributed by atoms with Crippen LogP contribution in [-0.4, -0.2) is 34.2 Å². The summed E-state index contributed by atoms with van der Waals surface area (Å²) in [6.45, 7) is 1.65. The zero-order chi connectivity index (χ0) is 21.9. The number of halogens is 4. The third-order valence-corrected chi connectivity index (χ3v) is 4.54. The van der Waals surface area contributed by atoms with Gasteiger partial charge in [0.15, 0.2) is 0 Å². The summed E-state index contributed by atoms with van der Waals surface area (Å²) >= 11 is 0. The number of aromatic nitrogens is 2. The molecule has 1 aromatic carbocycles. The van der Waals surface area contributed by atoms with Crippen molar-refractivity contribution < 1.29 is 31.9 Å². The summed E-state index contributed by atoms with van der Waals surface area (Å²) in [6, 6.07) is 5.86. The summed E-state index contributed by atoms with van der Waals surface area (Å²) in [5, 5.41) is 2.69. The van der Waals surface area contributed by atoms with Gasteiger partial charge in [-0.2, -0.15) is 17.6 Å². The fourth-order valence-corrected chi connectivity index (χ4v) is 2.70. The largest absolute Gasteiger partial charge is 0.461 e. The first kappa shape index (κ1) is 21.7. The van der Waals surface area contributed by atoms with Gasteiger partial charge in [0, 0.05) is 12.1 Å². The number of ether oxygens (including phenoxy) is 1. The maximum atomic E-state index is 12.9. The molecule has 0 saturated heterocycles. The van der Waals surface area contributed by atoms with E-state index in [2.05, 4.69) is 20.0 Å². The van der Waals surface area contributed by atoms with E-state index in [1.165, 1.54) is 24.4 Å². The monoisotopic (exact) mass is 425 g/mol. The minimum atomic E-state index is -4.59. The van der Waals surface area contributed by atoms with Crippen LogP contribution in [0.2, 0.25) is 0 Å². The van der Waals surface area contributed by atoms with Crippen LogP contribution < -0.4 is 10.1 Å². The van der Waals surface area contributed by atoms with Crippen LogP contribution in [0.1, 0.15) is 47.7 Å². The first-order valence-electron chi connectivity index (χ1n) is 9.26. The smallest absolute Gasteiger partial charge is 0.428 e. The highest BCUT2D eigenvalue weighted by atomic mass is 19.3. The lowest BCUT2D eigenvalue weighted by Gasteiger charge is -2.18. The highest BCUT2D eigenvalue weighted by Gasteiger charge is 2.43. The lowest BCUT2D eigenvalue weighted by molar-refractivity contribution is -0.253. The van der Waals surface area contributed by atoms with Crippen molar-refractivity contribution in [1.82, 2.24) is 15.3 Å². The average Bonchev–Trinajstić information content (AvgIpc) is 3.53. The molecule has 0 spiro atoms. The topological polar surface area (TPSA) is 81.2 Å². The van der Waals surface area contributed by atoms with Crippen molar-refractivity contribution in [2.75, 3.05) is 0 Å². The summed E-state index contributed by atoms with van der Waals surface area (Å²) in [5.74, 6) is -0.536. The first-order chi connectivity index (χ1) is 14.2. The van der Waals surface area contributed by atoms with Crippen molar-refractivity contribution in [1.29, 1.82) is 0 Å². The van der Waals surface area contributed by atoms with Gasteiger partial charge in [-0.3, -0.25) is 9.59 Å². The molecule has 1 aromatic heterocycles. The maximum Gasteiger partial charge on any atom is 0.461 e. The average molecular weight is 425 g/mol. The Bertz CT molecular complexity index is 918. The Morgan fingerprint density at radius 2 is 1.87 bits per heavy atom. The molecule has 1 fully saturated rings. The Hall–Kier alpha value is -3.04. The highest BCUT2D eigenvalue weighted by molar-refractivity contribution is 5.92. The highest BCUT2D eigenvalue weighted by Crippen LogP contribution is 2.30. The van der Waals surface area contributed by atoms with Gasteiger partial charge in [0.05, 0.1) is 12.5 Å². The molecule has 1 saturated carbocycles. The third kappa shape index (κ3) is 5.52. The minimum Gasteiger partial charge on any atom is -0.428 e. The van der Waals surface area contributed by atoms with E-state index in [9.17, 15) is 27.2 Å². The van der Waals surface area contributed by atoms with Gasteiger partial charge in [0.2, 0.25) is 0 Å². The van der Waals surface area contributed by atoms with Gasteiger partial charge in [-0.25, -0.2) is 9.97 Å². The summed E-state index contributed by atoms with van der Waals surface area (Å²) in [4.78, 5) is 32.5. The van der Waals surface area contributed by atoms with E-state index in [1.54, 1.807) is 6.92 Å². The van der Waals surface area contributed by atoms with Crippen LogP contribution in [0.5, 0.6) is 5.75 Å². The second-order valence-electron chi connectivity index (χ2n) is 7.00. The number of carbonyl (C=O) groups is 2.